The number of nitrogens with zero attached hydrogens (tertiary/aromatic N) is 3. The van der Waals surface area contributed by atoms with E-state index in [1.807, 2.05) is 4.68 Å². The van der Waals surface area contributed by atoms with Crippen molar-refractivity contribution < 1.29 is 17.9 Å². The number of sulfonamides is 1. The van der Waals surface area contributed by atoms with Crippen molar-refractivity contribution in [3.05, 3.63) is 36.0 Å². The highest BCUT2D eigenvalue weighted by Gasteiger charge is 2.29. The molecule has 1 saturated heterocycles. The van der Waals surface area contributed by atoms with Crippen LogP contribution in [0.3, 0.4) is 0 Å². The summed E-state index contributed by atoms with van der Waals surface area (Å²) >= 11 is 0. The number of rotatable bonds is 6. The third kappa shape index (κ3) is 4.62. The van der Waals surface area contributed by atoms with Crippen LogP contribution < -0.4 is 10.1 Å². The molecule has 2 heterocycles. The lowest BCUT2D eigenvalue weighted by atomic mass is 10.2. The van der Waals surface area contributed by atoms with Crippen LogP contribution in [0.25, 0.3) is 0 Å². The molecule has 2 fully saturated rings. The predicted octanol–water partition coefficient (Wildman–Crippen LogP) is 3.82. The third-order valence-electron chi connectivity index (χ3n) is 6.19. The first-order chi connectivity index (χ1) is 15.0. The predicted molar refractivity (Wildman–Crippen MR) is 118 cm³/mol. The summed E-state index contributed by atoms with van der Waals surface area (Å²) in [4.78, 5) is 13.0. The first-order valence-corrected chi connectivity index (χ1v) is 12.5. The smallest absolute Gasteiger partial charge is 0.256 e. The van der Waals surface area contributed by atoms with Crippen LogP contribution in [-0.2, 0) is 10.0 Å². The number of methoxy groups -OCH3 is 1. The Balaban J connectivity index is 1.60. The van der Waals surface area contributed by atoms with Crippen LogP contribution in [0.2, 0.25) is 0 Å². The Morgan fingerprint density at radius 3 is 2.45 bits per heavy atom. The summed E-state index contributed by atoms with van der Waals surface area (Å²) in [7, 11) is -2.32. The van der Waals surface area contributed by atoms with Crippen molar-refractivity contribution in [3.8, 4) is 5.75 Å². The molecule has 1 aliphatic carbocycles. The highest BCUT2D eigenvalue weighted by atomic mass is 32.2. The van der Waals surface area contributed by atoms with Gasteiger partial charge in [-0.05, 0) is 43.9 Å². The molecule has 2 aromatic rings. The Bertz CT molecular complexity index is 1020. The molecule has 0 atom stereocenters. The monoisotopic (exact) mass is 446 g/mol. The van der Waals surface area contributed by atoms with E-state index in [0.29, 0.717) is 24.9 Å². The molecule has 0 bridgehead atoms. The molecule has 1 N–H and O–H groups in total. The number of anilines is 1. The van der Waals surface area contributed by atoms with Gasteiger partial charge in [0.1, 0.15) is 16.5 Å². The van der Waals surface area contributed by atoms with Crippen LogP contribution in [0.15, 0.2) is 35.4 Å². The Morgan fingerprint density at radius 2 is 1.77 bits per heavy atom. The first-order valence-electron chi connectivity index (χ1n) is 11.0. The number of nitrogens with one attached hydrogen (secondary N) is 1. The Labute approximate surface area is 183 Å². The van der Waals surface area contributed by atoms with E-state index >= 15 is 0 Å². The second kappa shape index (κ2) is 9.40. The zero-order chi connectivity index (χ0) is 21.8. The summed E-state index contributed by atoms with van der Waals surface area (Å²) in [5, 5.41) is 7.28. The molecular formula is C22H30N4O4S. The van der Waals surface area contributed by atoms with Gasteiger partial charge in [-0.1, -0.05) is 25.7 Å². The van der Waals surface area contributed by atoms with Crippen molar-refractivity contribution in [2.24, 2.45) is 0 Å². The molecule has 1 aliphatic heterocycles. The van der Waals surface area contributed by atoms with Gasteiger partial charge in [-0.15, -0.1) is 0 Å². The molecule has 0 spiro atoms. The normalized spacial score (nSPS) is 18.6. The lowest BCUT2D eigenvalue weighted by molar-refractivity contribution is 0.102. The lowest BCUT2D eigenvalue weighted by Crippen LogP contribution is -2.32. The maximum absolute atomic E-state index is 13.3. The fraction of sp³-hybridized carbons (Fsp3) is 0.545. The molecule has 1 saturated carbocycles. The molecule has 1 aromatic carbocycles. The fourth-order valence-electron chi connectivity index (χ4n) is 4.48. The van der Waals surface area contributed by atoms with Gasteiger partial charge in [0.2, 0.25) is 10.0 Å². The minimum Gasteiger partial charge on any atom is -0.495 e. The number of aromatic nitrogens is 2. The summed E-state index contributed by atoms with van der Waals surface area (Å²) in [5.41, 5.74) is 0.272. The third-order valence-corrected chi connectivity index (χ3v) is 8.11. The van der Waals surface area contributed by atoms with Gasteiger partial charge in [0.25, 0.3) is 5.91 Å². The molecule has 1 aromatic heterocycles. The molecule has 8 nitrogen and oxygen atoms in total. The van der Waals surface area contributed by atoms with Crippen LogP contribution in [-0.4, -0.2) is 48.6 Å². The van der Waals surface area contributed by atoms with Gasteiger partial charge in [0.05, 0.1) is 19.3 Å². The number of hydrogen-bond acceptors (Lipinski definition) is 5. The van der Waals surface area contributed by atoms with Crippen molar-refractivity contribution in [1.82, 2.24) is 14.1 Å². The standard InChI is InChI=1S/C22H30N4O4S/c1-30-19-11-10-17(16-20(19)31(28,29)25-14-6-2-3-7-15-25)22(27)24-21-12-13-23-26(21)18-8-4-5-9-18/h10-13,16,18H,2-9,14-15H2,1H3,(H,24,27). The summed E-state index contributed by atoms with van der Waals surface area (Å²) in [6.45, 7) is 0.977. The van der Waals surface area contributed by atoms with E-state index in [2.05, 4.69) is 10.4 Å². The summed E-state index contributed by atoms with van der Waals surface area (Å²) in [5.74, 6) is 0.510. The average molecular weight is 447 g/mol. The van der Waals surface area contributed by atoms with Crippen LogP contribution >= 0.6 is 0 Å². The van der Waals surface area contributed by atoms with Crippen molar-refractivity contribution in [2.45, 2.75) is 62.3 Å². The molecule has 0 unspecified atom stereocenters. The van der Waals surface area contributed by atoms with E-state index in [-0.39, 0.29) is 22.1 Å². The zero-order valence-electron chi connectivity index (χ0n) is 17.9. The second-order valence-electron chi connectivity index (χ2n) is 8.24. The van der Waals surface area contributed by atoms with Gasteiger partial charge >= 0.3 is 0 Å². The first kappa shape index (κ1) is 21.8. The van der Waals surface area contributed by atoms with Gasteiger partial charge in [0, 0.05) is 24.7 Å². The Hall–Kier alpha value is -2.39. The molecule has 0 radical (unpaired) electrons. The Kier molecular flexibility index (Phi) is 6.62. The van der Waals surface area contributed by atoms with E-state index in [0.717, 1.165) is 51.4 Å². The topological polar surface area (TPSA) is 93.5 Å². The minimum absolute atomic E-state index is 0.0360. The number of ether oxygens (including phenoxy) is 1. The highest BCUT2D eigenvalue weighted by molar-refractivity contribution is 7.89. The zero-order valence-corrected chi connectivity index (χ0v) is 18.7. The van der Waals surface area contributed by atoms with E-state index in [1.54, 1.807) is 24.4 Å². The minimum atomic E-state index is -3.76. The van der Waals surface area contributed by atoms with E-state index in [1.165, 1.54) is 17.5 Å². The van der Waals surface area contributed by atoms with Gasteiger partial charge in [-0.2, -0.15) is 9.40 Å². The molecule has 31 heavy (non-hydrogen) atoms. The molecule has 9 heteroatoms. The van der Waals surface area contributed by atoms with Crippen molar-refractivity contribution in [3.63, 3.8) is 0 Å². The summed E-state index contributed by atoms with van der Waals surface area (Å²) in [6, 6.07) is 6.62. The van der Waals surface area contributed by atoms with Gasteiger partial charge in [0.15, 0.2) is 0 Å². The Morgan fingerprint density at radius 1 is 1.06 bits per heavy atom. The van der Waals surface area contributed by atoms with E-state index < -0.39 is 10.0 Å². The average Bonchev–Trinajstić information content (AvgIpc) is 3.38. The van der Waals surface area contributed by atoms with Crippen molar-refractivity contribution in [2.75, 3.05) is 25.5 Å². The molecule has 1 amide bonds. The molecule has 2 aliphatic rings. The molecular weight excluding hydrogens is 416 g/mol. The van der Waals surface area contributed by atoms with Crippen LogP contribution in [0.1, 0.15) is 67.8 Å². The SMILES string of the molecule is COc1ccc(C(=O)Nc2ccnn2C2CCCC2)cc1S(=O)(=O)N1CCCCCC1. The van der Waals surface area contributed by atoms with Crippen LogP contribution in [0.4, 0.5) is 5.82 Å². The fourth-order valence-corrected chi connectivity index (χ4v) is 6.18. The number of carbonyl (C=O) groups excluding carboxylic acids is 1. The highest BCUT2D eigenvalue weighted by Crippen LogP contribution is 2.32. The number of hydrogen-bond donors (Lipinski definition) is 1. The number of amides is 1. The summed E-state index contributed by atoms with van der Waals surface area (Å²) < 4.78 is 35.4. The van der Waals surface area contributed by atoms with Crippen LogP contribution in [0.5, 0.6) is 5.75 Å². The summed E-state index contributed by atoms with van der Waals surface area (Å²) in [6.07, 6.45) is 9.83. The van der Waals surface area contributed by atoms with Gasteiger partial charge in [-0.3, -0.25) is 4.79 Å². The van der Waals surface area contributed by atoms with Gasteiger partial charge < -0.3 is 10.1 Å². The maximum atomic E-state index is 13.3. The van der Waals surface area contributed by atoms with Crippen LogP contribution in [0, 0.1) is 0 Å². The van der Waals surface area contributed by atoms with E-state index in [4.69, 9.17) is 4.74 Å². The second-order valence-corrected chi connectivity index (χ2v) is 10.1. The largest absolute Gasteiger partial charge is 0.495 e. The lowest BCUT2D eigenvalue weighted by Gasteiger charge is -2.21. The number of carbonyl (C=O) groups is 1. The van der Waals surface area contributed by atoms with Crippen molar-refractivity contribution >= 4 is 21.7 Å². The quantitative estimate of drug-likeness (QED) is 0.728. The van der Waals surface area contributed by atoms with E-state index in [9.17, 15) is 13.2 Å². The molecule has 168 valence electrons. The molecule has 4 rings (SSSR count). The number of benzene rings is 1. The van der Waals surface area contributed by atoms with Crippen molar-refractivity contribution in [1.29, 1.82) is 0 Å². The maximum Gasteiger partial charge on any atom is 0.256 e. The van der Waals surface area contributed by atoms with Gasteiger partial charge in [-0.25, -0.2) is 13.1 Å².